The van der Waals surface area contributed by atoms with Gasteiger partial charge < -0.3 is 4.57 Å². The van der Waals surface area contributed by atoms with Crippen LogP contribution in [0.15, 0.2) is 54.7 Å². The second kappa shape index (κ2) is 10.5. The Balaban J connectivity index is 1.20. The summed E-state index contributed by atoms with van der Waals surface area (Å²) in [5.41, 5.74) is 5.57. The number of Topliss-reactive ketones (excluding diaryl/α,β-unsaturated/α-hetero) is 2. The number of carbonyl (C=O) groups excluding carboxylic acids is 2. The minimum atomic E-state index is 0.0899. The highest BCUT2D eigenvalue weighted by Crippen LogP contribution is 2.39. The quantitative estimate of drug-likeness (QED) is 0.363. The Hall–Kier alpha value is -3.74. The maximum Gasteiger partial charge on any atom is 0.143 e. The van der Waals surface area contributed by atoms with E-state index in [1.165, 1.54) is 0 Å². The average Bonchev–Trinajstić information content (AvgIpc) is 3.19. The Kier molecular flexibility index (Phi) is 6.98. The summed E-state index contributed by atoms with van der Waals surface area (Å²) in [6, 6.07) is 16.1. The number of para-hydroxylation sites is 1. The molecule has 2 atom stereocenters. The highest BCUT2D eigenvalue weighted by molar-refractivity contribution is 5.90. The van der Waals surface area contributed by atoms with Gasteiger partial charge in [0.2, 0.25) is 0 Å². The van der Waals surface area contributed by atoms with Crippen molar-refractivity contribution in [2.75, 3.05) is 0 Å². The third kappa shape index (κ3) is 5.40. The fourth-order valence-corrected chi connectivity index (χ4v) is 5.39. The molecule has 3 aromatic heterocycles. The number of ketones is 2. The van der Waals surface area contributed by atoms with E-state index in [0.29, 0.717) is 30.4 Å². The lowest BCUT2D eigenvalue weighted by atomic mass is 9.78. The smallest absolute Gasteiger partial charge is 0.143 e. The predicted molar refractivity (Wildman–Crippen MR) is 138 cm³/mol. The van der Waals surface area contributed by atoms with Gasteiger partial charge in [-0.1, -0.05) is 24.6 Å². The normalized spacial score (nSPS) is 17.8. The summed E-state index contributed by atoms with van der Waals surface area (Å²) in [6.07, 6.45) is 7.23. The topological polar surface area (TPSA) is 90.6 Å². The second-order valence-electron chi connectivity index (χ2n) is 10.0. The Labute approximate surface area is 211 Å². The molecule has 0 bridgehead atoms. The van der Waals surface area contributed by atoms with Crippen molar-refractivity contribution in [3.8, 4) is 0 Å². The zero-order valence-corrected chi connectivity index (χ0v) is 20.9. The van der Waals surface area contributed by atoms with Gasteiger partial charge in [0.05, 0.1) is 35.6 Å². The van der Waals surface area contributed by atoms with Crippen LogP contribution >= 0.6 is 0 Å². The fourth-order valence-electron chi connectivity index (χ4n) is 5.39. The molecule has 0 aliphatic heterocycles. The molecule has 0 unspecified atom stereocenters. The zero-order valence-electron chi connectivity index (χ0n) is 20.9. The van der Waals surface area contributed by atoms with Crippen LogP contribution in [0, 0.1) is 0 Å². The number of benzene rings is 1. The molecule has 3 heterocycles. The molecule has 0 spiro atoms. The number of aryl methyl sites for hydroxylation is 1. The van der Waals surface area contributed by atoms with Crippen molar-refractivity contribution in [1.29, 1.82) is 0 Å². The fraction of sp³-hybridized carbons (Fsp3) is 0.379. The average molecular weight is 482 g/mol. The van der Waals surface area contributed by atoms with E-state index in [2.05, 4.69) is 37.1 Å². The number of rotatable bonds is 8. The van der Waals surface area contributed by atoms with E-state index in [1.807, 2.05) is 49.6 Å². The molecule has 1 aliphatic carbocycles. The summed E-state index contributed by atoms with van der Waals surface area (Å²) in [5.74, 6) is 0.867. The van der Waals surface area contributed by atoms with Crippen LogP contribution in [-0.2, 0) is 35.9 Å². The highest BCUT2D eigenvalue weighted by Gasteiger charge is 2.27. The van der Waals surface area contributed by atoms with Crippen molar-refractivity contribution in [3.63, 3.8) is 0 Å². The van der Waals surface area contributed by atoms with Crippen molar-refractivity contribution < 1.29 is 9.59 Å². The van der Waals surface area contributed by atoms with Gasteiger partial charge in [-0.05, 0) is 62.1 Å². The van der Waals surface area contributed by atoms with Gasteiger partial charge in [0, 0.05) is 42.4 Å². The van der Waals surface area contributed by atoms with Gasteiger partial charge in [-0.2, -0.15) is 20.4 Å². The molecule has 4 aromatic rings. The largest absolute Gasteiger partial charge is 0.350 e. The summed E-state index contributed by atoms with van der Waals surface area (Å²) < 4.78 is 2.07. The summed E-state index contributed by atoms with van der Waals surface area (Å²) in [4.78, 5) is 24.1. The van der Waals surface area contributed by atoms with Crippen molar-refractivity contribution in [1.82, 2.24) is 25.0 Å². The Morgan fingerprint density at radius 2 is 1.47 bits per heavy atom. The van der Waals surface area contributed by atoms with E-state index < -0.39 is 0 Å². The zero-order chi connectivity index (χ0) is 25.1. The molecule has 5 rings (SSSR count). The molecule has 36 heavy (non-hydrogen) atoms. The number of hydrogen-bond acceptors (Lipinski definition) is 6. The third-order valence-corrected chi connectivity index (χ3v) is 7.17. The molecule has 0 saturated heterocycles. The minimum absolute atomic E-state index is 0.0899. The summed E-state index contributed by atoms with van der Waals surface area (Å²) in [5, 5.41) is 18.7. The lowest BCUT2D eigenvalue weighted by Crippen LogP contribution is -2.16. The molecule has 184 valence electrons. The van der Waals surface area contributed by atoms with Gasteiger partial charge in [0.15, 0.2) is 0 Å². The van der Waals surface area contributed by atoms with Gasteiger partial charge in [-0.3, -0.25) is 9.59 Å². The summed E-state index contributed by atoms with van der Waals surface area (Å²) >= 11 is 0. The lowest BCUT2D eigenvalue weighted by molar-refractivity contribution is -0.118. The molecule has 1 fully saturated rings. The first-order valence-corrected chi connectivity index (χ1v) is 12.7. The van der Waals surface area contributed by atoms with Gasteiger partial charge in [0.25, 0.3) is 0 Å². The van der Waals surface area contributed by atoms with Gasteiger partial charge >= 0.3 is 0 Å². The van der Waals surface area contributed by atoms with Gasteiger partial charge in [0.1, 0.15) is 11.6 Å². The number of nitrogens with zero attached hydrogens (tertiary/aromatic N) is 5. The minimum Gasteiger partial charge on any atom is -0.350 e. The van der Waals surface area contributed by atoms with E-state index in [0.717, 1.165) is 59.2 Å². The maximum atomic E-state index is 12.8. The van der Waals surface area contributed by atoms with Crippen LogP contribution in [0.4, 0.5) is 0 Å². The van der Waals surface area contributed by atoms with Crippen LogP contribution in [0.1, 0.15) is 72.8 Å². The summed E-state index contributed by atoms with van der Waals surface area (Å²) in [6.45, 7) is 1.56. The first-order valence-electron chi connectivity index (χ1n) is 12.7. The first-order chi connectivity index (χ1) is 17.5. The Bertz CT molecular complexity index is 1380. The lowest BCUT2D eigenvalue weighted by Gasteiger charge is -2.28. The van der Waals surface area contributed by atoms with Gasteiger partial charge in [-0.25, -0.2) is 0 Å². The van der Waals surface area contributed by atoms with Crippen LogP contribution in [-0.4, -0.2) is 36.5 Å². The third-order valence-electron chi connectivity index (χ3n) is 7.17. The molecule has 1 saturated carbocycles. The molecular weight excluding hydrogens is 450 g/mol. The first kappa shape index (κ1) is 24.0. The molecule has 7 nitrogen and oxygen atoms in total. The Morgan fingerprint density at radius 3 is 2.08 bits per heavy atom. The van der Waals surface area contributed by atoms with E-state index >= 15 is 0 Å². The molecule has 0 amide bonds. The molecular formula is C29H31N5O2. The number of hydrogen-bond donors (Lipinski definition) is 0. The number of fused-ring (bicyclic) bond motifs is 1. The molecule has 0 N–H and O–H groups in total. The summed E-state index contributed by atoms with van der Waals surface area (Å²) in [7, 11) is 2.01. The van der Waals surface area contributed by atoms with Crippen LogP contribution in [0.3, 0.4) is 0 Å². The second-order valence-corrected chi connectivity index (χ2v) is 10.0. The molecule has 1 aliphatic rings. The van der Waals surface area contributed by atoms with Crippen LogP contribution in [0.2, 0.25) is 0 Å². The molecule has 7 heteroatoms. The van der Waals surface area contributed by atoms with E-state index in [9.17, 15) is 9.59 Å². The van der Waals surface area contributed by atoms with Crippen LogP contribution in [0.5, 0.6) is 0 Å². The van der Waals surface area contributed by atoms with Crippen molar-refractivity contribution in [3.05, 3.63) is 83.1 Å². The number of aromatic nitrogens is 5. The highest BCUT2D eigenvalue weighted by atomic mass is 16.1. The molecule has 0 radical (unpaired) electrons. The van der Waals surface area contributed by atoms with Crippen molar-refractivity contribution in [2.45, 2.75) is 63.7 Å². The van der Waals surface area contributed by atoms with Crippen molar-refractivity contribution in [2.24, 2.45) is 7.05 Å². The maximum absolute atomic E-state index is 12.8. The van der Waals surface area contributed by atoms with Crippen molar-refractivity contribution >= 4 is 22.5 Å². The number of carbonyl (C=O) groups is 2. The SMILES string of the molecule is CC(=O)Cc1ccc([C@@H]2CCC[C@@H](c3ccc(CC(=O)Cc4cn(C)c5ccccc45)nn3)C2)nn1. The van der Waals surface area contributed by atoms with Crippen LogP contribution < -0.4 is 0 Å². The monoisotopic (exact) mass is 481 g/mol. The van der Waals surface area contributed by atoms with E-state index in [-0.39, 0.29) is 18.0 Å². The van der Waals surface area contributed by atoms with Gasteiger partial charge in [-0.15, -0.1) is 0 Å². The van der Waals surface area contributed by atoms with E-state index in [1.54, 1.807) is 6.92 Å². The van der Waals surface area contributed by atoms with E-state index in [4.69, 9.17) is 0 Å². The Morgan fingerprint density at radius 1 is 0.833 bits per heavy atom. The van der Waals surface area contributed by atoms with Crippen LogP contribution in [0.25, 0.3) is 10.9 Å². The molecule has 1 aromatic carbocycles. The predicted octanol–water partition coefficient (Wildman–Crippen LogP) is 4.69. The standard InChI is InChI=1S/C29H31N5O2/c1-19(35)14-23-10-12-27(32-30-23)20-6-5-7-21(15-20)28-13-11-24(31-33-28)17-25(36)16-22-18-34(2)29-9-4-3-8-26(22)29/h3-4,8-13,18,20-21H,5-7,14-17H2,1-2H3/t20-,21-/m1/s1.